The number of unbranched alkanes of at least 4 members (excludes halogenated alkanes) is 1. The first-order chi connectivity index (χ1) is 15.2. The number of nitrogens with one attached hydrogen (secondary N) is 2. The number of amides is 1. The van der Waals surface area contributed by atoms with E-state index >= 15 is 0 Å². The third-order valence-electron chi connectivity index (χ3n) is 4.73. The molecular weight excluding hydrogens is 456 g/mol. The molecular formula is C20H22N4O6S2. The molecule has 0 aliphatic rings. The third-order valence-corrected chi connectivity index (χ3v) is 6.82. The summed E-state index contributed by atoms with van der Waals surface area (Å²) < 4.78 is 0. The third kappa shape index (κ3) is 6.14. The average molecular weight is 479 g/mol. The number of nitrogens with two attached hydrogens (primary N) is 1. The van der Waals surface area contributed by atoms with Gasteiger partial charge in [0.25, 0.3) is 11.5 Å². The molecule has 0 aromatic carbocycles. The zero-order chi connectivity index (χ0) is 23.3. The van der Waals surface area contributed by atoms with Crippen LogP contribution in [-0.2, 0) is 22.4 Å². The van der Waals surface area contributed by atoms with Gasteiger partial charge in [-0.3, -0.25) is 19.4 Å². The van der Waals surface area contributed by atoms with E-state index in [0.29, 0.717) is 15.8 Å². The maximum Gasteiger partial charge on any atom is 0.326 e. The molecule has 0 radical (unpaired) electrons. The number of aromatic nitrogens is 2. The normalized spacial score (nSPS) is 12.0. The summed E-state index contributed by atoms with van der Waals surface area (Å²) in [5.74, 6) is -2.82. The van der Waals surface area contributed by atoms with E-state index in [4.69, 9.17) is 15.9 Å². The number of carboxylic acid groups (broad SMARTS) is 2. The number of aryl methyl sites for hydroxylation is 2. The highest BCUT2D eigenvalue weighted by Gasteiger charge is 2.22. The molecule has 3 aromatic heterocycles. The topological polar surface area (TPSA) is 175 Å². The van der Waals surface area contributed by atoms with Crippen molar-refractivity contribution in [2.24, 2.45) is 0 Å². The van der Waals surface area contributed by atoms with E-state index in [0.717, 1.165) is 35.4 Å². The molecule has 0 spiro atoms. The van der Waals surface area contributed by atoms with Crippen LogP contribution in [0.2, 0.25) is 0 Å². The van der Waals surface area contributed by atoms with Crippen molar-refractivity contribution in [1.29, 1.82) is 0 Å². The van der Waals surface area contributed by atoms with Gasteiger partial charge in [-0.15, -0.1) is 22.7 Å². The molecule has 12 heteroatoms. The van der Waals surface area contributed by atoms with Crippen molar-refractivity contribution >= 4 is 56.7 Å². The van der Waals surface area contributed by atoms with Gasteiger partial charge in [-0.2, -0.15) is 0 Å². The lowest BCUT2D eigenvalue weighted by molar-refractivity contribution is -0.140. The molecule has 0 fully saturated rings. The Morgan fingerprint density at radius 3 is 2.56 bits per heavy atom. The van der Waals surface area contributed by atoms with Crippen molar-refractivity contribution in [3.63, 3.8) is 0 Å². The van der Waals surface area contributed by atoms with E-state index in [2.05, 4.69) is 15.3 Å². The molecule has 0 aliphatic carbocycles. The first-order valence-corrected chi connectivity index (χ1v) is 11.5. The fourth-order valence-electron chi connectivity index (χ4n) is 3.12. The number of aliphatic carboxylic acids is 2. The molecule has 10 nitrogen and oxygen atoms in total. The van der Waals surface area contributed by atoms with Crippen LogP contribution in [0.5, 0.6) is 0 Å². The Kier molecular flexibility index (Phi) is 7.59. The average Bonchev–Trinajstić information content (AvgIpc) is 3.35. The Bertz CT molecular complexity index is 1200. The molecule has 170 valence electrons. The van der Waals surface area contributed by atoms with Crippen molar-refractivity contribution in [2.45, 2.75) is 44.6 Å². The van der Waals surface area contributed by atoms with Crippen molar-refractivity contribution in [3.05, 3.63) is 43.2 Å². The van der Waals surface area contributed by atoms with Crippen LogP contribution in [0.3, 0.4) is 0 Å². The predicted octanol–water partition coefficient (Wildman–Crippen LogP) is 2.24. The molecule has 3 aromatic rings. The minimum absolute atomic E-state index is 0.102. The van der Waals surface area contributed by atoms with Crippen LogP contribution in [0.4, 0.5) is 5.95 Å². The summed E-state index contributed by atoms with van der Waals surface area (Å²) in [6, 6.07) is 2.31. The van der Waals surface area contributed by atoms with Crippen LogP contribution in [-0.4, -0.2) is 44.1 Å². The smallest absolute Gasteiger partial charge is 0.326 e. The van der Waals surface area contributed by atoms with Gasteiger partial charge >= 0.3 is 11.9 Å². The van der Waals surface area contributed by atoms with E-state index < -0.39 is 23.9 Å². The summed E-state index contributed by atoms with van der Waals surface area (Å²) in [7, 11) is 0. The number of thiophene rings is 2. The van der Waals surface area contributed by atoms with Gasteiger partial charge in [-0.1, -0.05) is 0 Å². The summed E-state index contributed by atoms with van der Waals surface area (Å²) >= 11 is 2.86. The molecule has 0 saturated carbocycles. The van der Waals surface area contributed by atoms with Crippen LogP contribution >= 0.6 is 22.7 Å². The summed E-state index contributed by atoms with van der Waals surface area (Å²) in [5.41, 5.74) is 5.69. The second-order valence-electron chi connectivity index (χ2n) is 7.19. The summed E-state index contributed by atoms with van der Waals surface area (Å²) in [6.45, 7) is 0. The standard InChI is InChI=1S/C20H22N4O6S2/c21-20-23-17(28)13-8-12(32-18(13)24-20)4-2-1-3-11-7-10(9-31-11)16(27)22-14(19(29)30)5-6-15(25)26/h7-9,14H,1-6H2,(H,22,27)(H,25,26)(H,29,30)(H3,21,23,24,28)/t14-/m0/s1. The fraction of sp³-hybridized carbons (Fsp3) is 0.350. The summed E-state index contributed by atoms with van der Waals surface area (Å²) in [6.07, 6.45) is 2.79. The van der Waals surface area contributed by atoms with Crippen molar-refractivity contribution < 1.29 is 24.6 Å². The highest BCUT2D eigenvalue weighted by Crippen LogP contribution is 2.24. The number of carbonyl (C=O) groups is 3. The number of anilines is 1. The van der Waals surface area contributed by atoms with Crippen molar-refractivity contribution in [2.75, 3.05) is 5.73 Å². The lowest BCUT2D eigenvalue weighted by atomic mass is 10.1. The Hall–Kier alpha value is -3.25. The van der Waals surface area contributed by atoms with Gasteiger partial charge in [0.15, 0.2) is 0 Å². The molecule has 3 heterocycles. The zero-order valence-corrected chi connectivity index (χ0v) is 18.6. The van der Waals surface area contributed by atoms with Gasteiger partial charge < -0.3 is 21.3 Å². The van der Waals surface area contributed by atoms with E-state index in [1.54, 1.807) is 11.4 Å². The van der Waals surface area contributed by atoms with Gasteiger partial charge in [0.2, 0.25) is 5.95 Å². The minimum atomic E-state index is -1.27. The number of aromatic amines is 1. The Balaban J connectivity index is 1.49. The fourth-order valence-corrected chi connectivity index (χ4v) is 5.11. The number of hydrogen-bond donors (Lipinski definition) is 5. The van der Waals surface area contributed by atoms with E-state index in [1.165, 1.54) is 22.7 Å². The van der Waals surface area contributed by atoms with Crippen molar-refractivity contribution in [3.8, 4) is 0 Å². The molecule has 0 saturated heterocycles. The zero-order valence-electron chi connectivity index (χ0n) is 16.9. The second-order valence-corrected chi connectivity index (χ2v) is 9.30. The quantitative estimate of drug-likeness (QED) is 0.261. The Morgan fingerprint density at radius 2 is 1.88 bits per heavy atom. The number of hydrogen-bond acceptors (Lipinski definition) is 8. The number of nitrogen functional groups attached to an aromatic ring is 1. The summed E-state index contributed by atoms with van der Waals surface area (Å²) in [4.78, 5) is 55.4. The number of carboxylic acids is 2. The largest absolute Gasteiger partial charge is 0.481 e. The molecule has 3 rings (SSSR count). The number of fused-ring (bicyclic) bond motifs is 1. The van der Waals surface area contributed by atoms with Crippen LogP contribution in [0, 0.1) is 0 Å². The minimum Gasteiger partial charge on any atom is -0.481 e. The van der Waals surface area contributed by atoms with Gasteiger partial charge in [-0.25, -0.2) is 9.78 Å². The Labute approximate surface area is 190 Å². The van der Waals surface area contributed by atoms with E-state index in [9.17, 15) is 19.2 Å². The first-order valence-electron chi connectivity index (χ1n) is 9.84. The number of H-pyrrole nitrogens is 1. The van der Waals surface area contributed by atoms with Gasteiger partial charge in [0, 0.05) is 21.6 Å². The SMILES string of the molecule is Nc1nc2sc(CCCCc3cc(C(=O)N[C@@H](CCC(=O)O)C(=O)O)cs3)cc2c(=O)[nH]1. The monoisotopic (exact) mass is 478 g/mol. The molecule has 6 N–H and O–H groups in total. The molecule has 0 unspecified atom stereocenters. The number of carbonyl (C=O) groups excluding carboxylic acids is 1. The molecule has 1 amide bonds. The number of rotatable bonds is 11. The van der Waals surface area contributed by atoms with Gasteiger partial charge in [0.1, 0.15) is 10.9 Å². The molecule has 1 atom stereocenters. The van der Waals surface area contributed by atoms with Crippen LogP contribution < -0.4 is 16.6 Å². The maximum atomic E-state index is 12.3. The second kappa shape index (κ2) is 10.4. The predicted molar refractivity (Wildman–Crippen MR) is 121 cm³/mol. The lowest BCUT2D eigenvalue weighted by Crippen LogP contribution is -2.41. The highest BCUT2D eigenvalue weighted by molar-refractivity contribution is 7.18. The number of nitrogens with zero attached hydrogens (tertiary/aromatic N) is 1. The Morgan fingerprint density at radius 1 is 1.16 bits per heavy atom. The highest BCUT2D eigenvalue weighted by atomic mass is 32.1. The van der Waals surface area contributed by atoms with Gasteiger partial charge in [-0.05, 0) is 44.2 Å². The molecule has 0 aliphatic heterocycles. The summed E-state index contributed by atoms with van der Waals surface area (Å²) in [5, 5.41) is 22.4. The molecule has 32 heavy (non-hydrogen) atoms. The van der Waals surface area contributed by atoms with Gasteiger partial charge in [0.05, 0.1) is 10.9 Å². The van der Waals surface area contributed by atoms with Crippen molar-refractivity contribution in [1.82, 2.24) is 15.3 Å². The first kappa shape index (κ1) is 23.4. The van der Waals surface area contributed by atoms with E-state index in [1.807, 2.05) is 6.07 Å². The lowest BCUT2D eigenvalue weighted by Gasteiger charge is -2.12. The van der Waals surface area contributed by atoms with Crippen LogP contribution in [0.15, 0.2) is 22.3 Å². The van der Waals surface area contributed by atoms with Crippen LogP contribution in [0.1, 0.15) is 45.8 Å². The van der Waals surface area contributed by atoms with E-state index in [-0.39, 0.29) is 24.3 Å². The molecule has 0 bridgehead atoms. The maximum absolute atomic E-state index is 12.3. The van der Waals surface area contributed by atoms with Crippen LogP contribution in [0.25, 0.3) is 10.2 Å².